The molecule has 2 atom stereocenters. The fourth-order valence-electron chi connectivity index (χ4n) is 4.31. The Morgan fingerprint density at radius 1 is 1.36 bits per heavy atom. The zero-order chi connectivity index (χ0) is 23.6. The minimum Gasteiger partial charge on any atom is -0.493 e. The minimum atomic E-state index is -0.461. The molecule has 180 valence electrons. The lowest BCUT2D eigenvalue weighted by Crippen LogP contribution is -2.47. The maximum Gasteiger partial charge on any atom is 0.237 e. The summed E-state index contributed by atoms with van der Waals surface area (Å²) in [5.41, 5.74) is 1.17. The van der Waals surface area contributed by atoms with E-state index in [9.17, 15) is 9.90 Å². The molecule has 6 nitrogen and oxygen atoms in total. The largest absolute Gasteiger partial charge is 0.493 e. The van der Waals surface area contributed by atoms with Crippen LogP contribution < -0.4 is 9.47 Å². The van der Waals surface area contributed by atoms with E-state index in [0.717, 1.165) is 25.8 Å². The van der Waals surface area contributed by atoms with Crippen LogP contribution in [0, 0.1) is 0 Å². The third-order valence-electron chi connectivity index (χ3n) is 5.95. The van der Waals surface area contributed by atoms with E-state index in [1.807, 2.05) is 35.2 Å². The number of ether oxygens (including phenoxy) is 2. The normalized spacial score (nSPS) is 16.4. The molecule has 0 aliphatic carbocycles. The zero-order valence-electron chi connectivity index (χ0n) is 19.7. The van der Waals surface area contributed by atoms with Gasteiger partial charge in [0.1, 0.15) is 6.61 Å². The van der Waals surface area contributed by atoms with Crippen molar-refractivity contribution in [3.8, 4) is 11.5 Å². The molecule has 0 radical (unpaired) electrons. The molecule has 0 saturated carbocycles. The highest BCUT2D eigenvalue weighted by Crippen LogP contribution is 2.35. The number of benzene rings is 1. The maximum atomic E-state index is 13.5. The van der Waals surface area contributed by atoms with Gasteiger partial charge in [0.2, 0.25) is 5.91 Å². The molecular formula is C26H36N2O4S. The first-order valence-corrected chi connectivity index (χ1v) is 12.6. The third kappa shape index (κ3) is 6.82. The molecule has 0 fully saturated rings. The number of carbonyl (C=O) groups is 1. The van der Waals surface area contributed by atoms with Gasteiger partial charge < -0.3 is 19.5 Å². The van der Waals surface area contributed by atoms with Crippen molar-refractivity contribution in [3.63, 3.8) is 0 Å². The van der Waals surface area contributed by atoms with Crippen LogP contribution in [0.5, 0.6) is 11.5 Å². The van der Waals surface area contributed by atoms with Crippen molar-refractivity contribution >= 4 is 17.2 Å². The van der Waals surface area contributed by atoms with Crippen LogP contribution in [0.25, 0.3) is 0 Å². The Kier molecular flexibility index (Phi) is 9.78. The number of fused-ring (bicyclic) bond motifs is 1. The van der Waals surface area contributed by atoms with Crippen LogP contribution in [-0.4, -0.2) is 66.8 Å². The van der Waals surface area contributed by atoms with Crippen LogP contribution in [0.1, 0.15) is 42.7 Å². The minimum absolute atomic E-state index is 0.0739. The molecule has 7 heteroatoms. The van der Waals surface area contributed by atoms with Gasteiger partial charge in [0.05, 0.1) is 25.8 Å². The Morgan fingerprint density at radius 3 is 2.88 bits per heavy atom. The van der Waals surface area contributed by atoms with Gasteiger partial charge in [-0.15, -0.1) is 17.9 Å². The molecule has 3 rings (SSSR count). The van der Waals surface area contributed by atoms with Crippen LogP contribution >= 0.6 is 11.3 Å². The van der Waals surface area contributed by atoms with E-state index in [2.05, 4.69) is 29.8 Å². The second-order valence-electron chi connectivity index (χ2n) is 8.37. The Balaban J connectivity index is 1.72. The first-order chi connectivity index (χ1) is 16.1. The molecule has 2 heterocycles. The second kappa shape index (κ2) is 12.8. The van der Waals surface area contributed by atoms with Crippen LogP contribution in [-0.2, 0) is 11.2 Å². The average molecular weight is 473 g/mol. The number of aliphatic hydroxyl groups excluding tert-OH is 1. The highest BCUT2D eigenvalue weighted by molar-refractivity contribution is 7.10. The number of thiophene rings is 1. The first-order valence-electron chi connectivity index (χ1n) is 11.7. The molecule has 0 unspecified atom stereocenters. The summed E-state index contributed by atoms with van der Waals surface area (Å²) in [5, 5.41) is 12.5. The number of allylic oxidation sites excluding steroid dienone is 1. The highest BCUT2D eigenvalue weighted by atomic mass is 32.1. The summed E-state index contributed by atoms with van der Waals surface area (Å²) in [6, 6.07) is 9.54. The third-order valence-corrected chi connectivity index (χ3v) is 6.95. The summed E-state index contributed by atoms with van der Waals surface area (Å²) < 4.78 is 11.6. The van der Waals surface area contributed by atoms with Gasteiger partial charge in [0.15, 0.2) is 11.5 Å². The van der Waals surface area contributed by atoms with Gasteiger partial charge in [-0.1, -0.05) is 25.1 Å². The molecule has 1 aliphatic rings. The molecule has 33 heavy (non-hydrogen) atoms. The van der Waals surface area contributed by atoms with Crippen molar-refractivity contribution in [3.05, 3.63) is 58.8 Å². The van der Waals surface area contributed by atoms with E-state index in [0.29, 0.717) is 44.2 Å². The Labute approximate surface area is 201 Å². The summed E-state index contributed by atoms with van der Waals surface area (Å²) in [6.07, 6.45) is 4.57. The monoisotopic (exact) mass is 472 g/mol. The Hall–Kier alpha value is -2.35. The second-order valence-corrected chi connectivity index (χ2v) is 9.37. The van der Waals surface area contributed by atoms with Crippen molar-refractivity contribution < 1.29 is 19.4 Å². The van der Waals surface area contributed by atoms with Crippen LogP contribution in [0.3, 0.4) is 0 Å². The quantitative estimate of drug-likeness (QED) is 0.441. The van der Waals surface area contributed by atoms with Crippen molar-refractivity contribution in [2.24, 2.45) is 0 Å². The van der Waals surface area contributed by atoms with Crippen LogP contribution in [0.2, 0.25) is 0 Å². The van der Waals surface area contributed by atoms with E-state index in [4.69, 9.17) is 9.47 Å². The first kappa shape index (κ1) is 25.3. The van der Waals surface area contributed by atoms with Gasteiger partial charge in [-0.05, 0) is 61.4 Å². The predicted molar refractivity (Wildman–Crippen MR) is 133 cm³/mol. The van der Waals surface area contributed by atoms with Gasteiger partial charge in [0, 0.05) is 18.0 Å². The number of nitrogens with zero attached hydrogens (tertiary/aromatic N) is 2. The standard InChI is InChI=1S/C26H36N2O4S/c1-4-6-9-20(29)17-27(14-5-2)18-26(30)28-15-12-25-21(13-16-33-25)22(28)19-32-24-11-8-7-10-23(24)31-3/h4,7-8,10-11,13,16,20,22,29H,1,5-6,9,12,14-15,17-19H2,2-3H3/t20-,22-/m1/s1. The van der Waals surface area contributed by atoms with Gasteiger partial charge >= 0.3 is 0 Å². The number of hydrogen-bond donors (Lipinski definition) is 1. The molecule has 0 bridgehead atoms. The van der Waals surface area contributed by atoms with Gasteiger partial charge in [-0.2, -0.15) is 0 Å². The molecule has 2 aromatic rings. The smallest absolute Gasteiger partial charge is 0.237 e. The lowest BCUT2D eigenvalue weighted by Gasteiger charge is -2.37. The molecule has 1 amide bonds. The number of hydrogen-bond acceptors (Lipinski definition) is 6. The molecular weight excluding hydrogens is 436 g/mol. The van der Waals surface area contributed by atoms with E-state index in [-0.39, 0.29) is 11.9 Å². The van der Waals surface area contributed by atoms with Crippen LogP contribution in [0.4, 0.5) is 0 Å². The lowest BCUT2D eigenvalue weighted by molar-refractivity contribution is -0.136. The molecule has 0 spiro atoms. The zero-order valence-corrected chi connectivity index (χ0v) is 20.6. The van der Waals surface area contributed by atoms with Crippen molar-refractivity contribution in [2.45, 2.75) is 44.8 Å². The van der Waals surface area contributed by atoms with Gasteiger partial charge in [-0.3, -0.25) is 9.69 Å². The number of aliphatic hydroxyl groups is 1. The summed E-state index contributed by atoms with van der Waals surface area (Å²) in [6.45, 7) is 8.42. The number of rotatable bonds is 13. The summed E-state index contributed by atoms with van der Waals surface area (Å²) in [4.78, 5) is 18.8. The Morgan fingerprint density at radius 2 is 2.15 bits per heavy atom. The average Bonchev–Trinajstić information content (AvgIpc) is 3.30. The van der Waals surface area contributed by atoms with Gasteiger partial charge in [-0.25, -0.2) is 0 Å². The van der Waals surface area contributed by atoms with Crippen molar-refractivity contribution in [2.75, 3.05) is 39.9 Å². The van der Waals surface area contributed by atoms with E-state index >= 15 is 0 Å². The number of methoxy groups -OCH3 is 1. The van der Waals surface area contributed by atoms with E-state index in [1.54, 1.807) is 18.4 Å². The number of amides is 1. The van der Waals surface area contributed by atoms with Crippen molar-refractivity contribution in [1.82, 2.24) is 9.80 Å². The molecule has 0 saturated heterocycles. The fourth-order valence-corrected chi connectivity index (χ4v) is 5.24. The summed E-state index contributed by atoms with van der Waals surface area (Å²) in [5.74, 6) is 1.43. The summed E-state index contributed by atoms with van der Waals surface area (Å²) >= 11 is 1.74. The van der Waals surface area contributed by atoms with E-state index < -0.39 is 6.10 Å². The fraction of sp³-hybridized carbons (Fsp3) is 0.500. The lowest BCUT2D eigenvalue weighted by atomic mass is 10.0. The molecule has 1 aliphatic heterocycles. The summed E-state index contributed by atoms with van der Waals surface area (Å²) in [7, 11) is 1.63. The molecule has 1 aromatic heterocycles. The number of para-hydroxylation sites is 2. The Bertz CT molecular complexity index is 900. The van der Waals surface area contributed by atoms with Gasteiger partial charge in [0.25, 0.3) is 0 Å². The maximum absolute atomic E-state index is 13.5. The molecule has 1 N–H and O–H groups in total. The highest BCUT2D eigenvalue weighted by Gasteiger charge is 2.33. The topological polar surface area (TPSA) is 62.2 Å². The SMILES string of the molecule is C=CCC[C@@H](O)CN(CCC)CC(=O)N1CCc2sccc2[C@H]1COc1ccccc1OC. The predicted octanol–water partition coefficient (Wildman–Crippen LogP) is 4.30. The van der Waals surface area contributed by atoms with E-state index in [1.165, 1.54) is 10.4 Å². The van der Waals surface area contributed by atoms with Crippen LogP contribution in [0.15, 0.2) is 48.4 Å². The number of carbonyl (C=O) groups excluding carboxylic acids is 1. The molecule has 1 aromatic carbocycles. The van der Waals surface area contributed by atoms with Crippen molar-refractivity contribution in [1.29, 1.82) is 0 Å².